The third-order valence-electron chi connectivity index (χ3n) is 3.77. The summed E-state index contributed by atoms with van der Waals surface area (Å²) in [6.45, 7) is 6.44. The van der Waals surface area contributed by atoms with Crippen molar-refractivity contribution in [3.63, 3.8) is 0 Å². The molecule has 0 saturated carbocycles. The molecule has 0 bridgehead atoms. The first-order valence-electron chi connectivity index (χ1n) is 7.87. The number of fused-ring (bicyclic) bond motifs is 1. The van der Waals surface area contributed by atoms with Gasteiger partial charge in [-0.1, -0.05) is 0 Å². The number of ether oxygens (including phenoxy) is 2. The van der Waals surface area contributed by atoms with Gasteiger partial charge in [-0.15, -0.1) is 11.3 Å². The van der Waals surface area contributed by atoms with Crippen LogP contribution in [0.2, 0.25) is 0 Å². The summed E-state index contributed by atoms with van der Waals surface area (Å²) in [5, 5.41) is 12.2. The van der Waals surface area contributed by atoms with Crippen LogP contribution in [0.15, 0.2) is 0 Å². The largest absolute Gasteiger partial charge is 0.462 e. The number of carbonyl (C=O) groups is 2. The zero-order valence-electron chi connectivity index (χ0n) is 14.5. The minimum Gasteiger partial charge on any atom is -0.462 e. The van der Waals surface area contributed by atoms with E-state index in [1.54, 1.807) is 14.0 Å². The van der Waals surface area contributed by atoms with Crippen molar-refractivity contribution in [3.8, 4) is 0 Å². The third kappa shape index (κ3) is 4.06. The minimum atomic E-state index is -0.437. The van der Waals surface area contributed by atoms with E-state index < -0.39 is 5.97 Å². The van der Waals surface area contributed by atoms with Gasteiger partial charge in [0.25, 0.3) is 0 Å². The monoisotopic (exact) mass is 356 g/mol. The Labute approximate surface area is 145 Å². The Morgan fingerprint density at radius 3 is 2.79 bits per heavy atom. The van der Waals surface area contributed by atoms with Gasteiger partial charge in [-0.3, -0.25) is 5.32 Å². The van der Waals surface area contributed by atoms with Crippen LogP contribution in [0.1, 0.15) is 41.6 Å². The normalized spacial score (nSPS) is 15.5. The average Bonchev–Trinajstić information content (AvgIpc) is 2.83. The molecule has 0 unspecified atom stereocenters. The topological polar surface area (TPSA) is 88.1 Å². The molecule has 134 valence electrons. The number of esters is 1. The highest BCUT2D eigenvalue weighted by atomic mass is 32.1. The van der Waals surface area contributed by atoms with Crippen LogP contribution in [0, 0.1) is 0 Å². The van der Waals surface area contributed by atoms with Crippen molar-refractivity contribution in [1.29, 1.82) is 0 Å². The summed E-state index contributed by atoms with van der Waals surface area (Å²) in [5.74, 6) is -0.437. The fourth-order valence-electron chi connectivity index (χ4n) is 2.50. The molecule has 1 aliphatic heterocycles. The molecule has 2 amide bonds. The number of nitrogens with zero attached hydrogens (tertiary/aromatic N) is 1. The SMILES string of the molecule is CCOC(=O)c1c(NC(=O)N(C)CCO)sc2c1CC(C)(C)OC2. The van der Waals surface area contributed by atoms with Crippen molar-refractivity contribution in [3.05, 3.63) is 16.0 Å². The molecule has 0 aliphatic carbocycles. The molecule has 1 aromatic heterocycles. The zero-order chi connectivity index (χ0) is 17.9. The molecule has 2 rings (SSSR count). The average molecular weight is 356 g/mol. The second kappa shape index (κ2) is 7.50. The van der Waals surface area contributed by atoms with E-state index in [1.165, 1.54) is 16.2 Å². The van der Waals surface area contributed by atoms with E-state index >= 15 is 0 Å². The van der Waals surface area contributed by atoms with Crippen molar-refractivity contribution >= 4 is 28.3 Å². The molecule has 8 heteroatoms. The van der Waals surface area contributed by atoms with Crippen molar-refractivity contribution in [2.45, 2.75) is 39.4 Å². The molecule has 2 heterocycles. The van der Waals surface area contributed by atoms with Gasteiger partial charge in [0.1, 0.15) is 5.00 Å². The van der Waals surface area contributed by atoms with Gasteiger partial charge in [0.15, 0.2) is 0 Å². The number of amides is 2. The van der Waals surface area contributed by atoms with Crippen LogP contribution in [-0.2, 0) is 22.5 Å². The molecular formula is C16H24N2O5S. The van der Waals surface area contributed by atoms with Gasteiger partial charge in [0.05, 0.1) is 31.0 Å². The van der Waals surface area contributed by atoms with Crippen LogP contribution in [0.4, 0.5) is 9.80 Å². The number of aliphatic hydroxyl groups is 1. The lowest BCUT2D eigenvalue weighted by Crippen LogP contribution is -2.34. The first-order chi connectivity index (χ1) is 11.3. The molecule has 24 heavy (non-hydrogen) atoms. The highest BCUT2D eigenvalue weighted by molar-refractivity contribution is 7.17. The molecule has 1 aliphatic rings. The quantitative estimate of drug-likeness (QED) is 0.790. The number of likely N-dealkylation sites (N-methyl/N-ethyl adjacent to an activating group) is 1. The maximum absolute atomic E-state index is 12.4. The first kappa shape index (κ1) is 18.7. The summed E-state index contributed by atoms with van der Waals surface area (Å²) in [5.41, 5.74) is 0.929. The maximum atomic E-state index is 12.4. The fraction of sp³-hybridized carbons (Fsp3) is 0.625. The number of anilines is 1. The molecule has 0 fully saturated rings. The summed E-state index contributed by atoms with van der Waals surface area (Å²) in [6.07, 6.45) is 0.579. The standard InChI is InChI=1S/C16H24N2O5S/c1-5-22-14(20)12-10-8-16(2,3)23-9-11(10)24-13(12)17-15(21)18(4)6-7-19/h19H,5-9H2,1-4H3,(H,17,21). The summed E-state index contributed by atoms with van der Waals surface area (Å²) < 4.78 is 11.0. The molecular weight excluding hydrogens is 332 g/mol. The Balaban J connectivity index is 2.35. The molecule has 0 spiro atoms. The van der Waals surface area contributed by atoms with E-state index in [0.29, 0.717) is 23.6 Å². The maximum Gasteiger partial charge on any atom is 0.341 e. The fourth-order valence-corrected chi connectivity index (χ4v) is 3.61. The van der Waals surface area contributed by atoms with E-state index in [0.717, 1.165) is 10.4 Å². The van der Waals surface area contributed by atoms with Gasteiger partial charge in [0.2, 0.25) is 0 Å². The first-order valence-corrected chi connectivity index (χ1v) is 8.69. The van der Waals surface area contributed by atoms with Crippen molar-refractivity contribution < 1.29 is 24.2 Å². The number of rotatable bonds is 5. The van der Waals surface area contributed by atoms with Crippen molar-refractivity contribution in [2.24, 2.45) is 0 Å². The number of nitrogens with one attached hydrogen (secondary N) is 1. The van der Waals surface area contributed by atoms with Crippen LogP contribution >= 0.6 is 11.3 Å². The number of carbonyl (C=O) groups excluding carboxylic acids is 2. The van der Waals surface area contributed by atoms with E-state index in [9.17, 15) is 9.59 Å². The van der Waals surface area contributed by atoms with E-state index in [4.69, 9.17) is 14.6 Å². The van der Waals surface area contributed by atoms with E-state index in [-0.39, 0.29) is 31.4 Å². The number of aliphatic hydroxyl groups excluding tert-OH is 1. The number of thiophene rings is 1. The molecule has 0 aromatic carbocycles. The lowest BCUT2D eigenvalue weighted by molar-refractivity contribution is -0.0384. The van der Waals surface area contributed by atoms with Crippen LogP contribution in [-0.4, -0.2) is 54.4 Å². The second-order valence-corrected chi connectivity index (χ2v) is 7.33. The van der Waals surface area contributed by atoms with Gasteiger partial charge in [-0.05, 0) is 26.3 Å². The Bertz CT molecular complexity index is 626. The van der Waals surface area contributed by atoms with Gasteiger partial charge >= 0.3 is 12.0 Å². The van der Waals surface area contributed by atoms with Crippen LogP contribution in [0.25, 0.3) is 0 Å². The van der Waals surface area contributed by atoms with Crippen LogP contribution in [0.5, 0.6) is 0 Å². The molecule has 2 N–H and O–H groups in total. The van der Waals surface area contributed by atoms with Gasteiger partial charge in [-0.2, -0.15) is 0 Å². The molecule has 7 nitrogen and oxygen atoms in total. The smallest absolute Gasteiger partial charge is 0.341 e. The minimum absolute atomic E-state index is 0.127. The van der Waals surface area contributed by atoms with E-state index in [2.05, 4.69) is 5.32 Å². The van der Waals surface area contributed by atoms with Crippen LogP contribution in [0.3, 0.4) is 0 Å². The predicted molar refractivity (Wildman–Crippen MR) is 91.6 cm³/mol. The molecule has 0 atom stereocenters. The number of hydrogen-bond acceptors (Lipinski definition) is 6. The Hall–Kier alpha value is -1.64. The lowest BCUT2D eigenvalue weighted by Gasteiger charge is -2.30. The Morgan fingerprint density at radius 2 is 2.17 bits per heavy atom. The number of hydrogen-bond donors (Lipinski definition) is 2. The second-order valence-electron chi connectivity index (χ2n) is 6.23. The lowest BCUT2D eigenvalue weighted by atomic mass is 9.93. The third-order valence-corrected chi connectivity index (χ3v) is 4.89. The van der Waals surface area contributed by atoms with Crippen LogP contribution < -0.4 is 5.32 Å². The highest BCUT2D eigenvalue weighted by Gasteiger charge is 2.34. The van der Waals surface area contributed by atoms with Gasteiger partial charge in [0, 0.05) is 24.9 Å². The van der Waals surface area contributed by atoms with Crippen molar-refractivity contribution in [2.75, 3.05) is 32.1 Å². The van der Waals surface area contributed by atoms with Gasteiger partial charge < -0.3 is 19.5 Å². The van der Waals surface area contributed by atoms with E-state index in [1.807, 2.05) is 13.8 Å². The predicted octanol–water partition coefficient (Wildman–Crippen LogP) is 2.23. The highest BCUT2D eigenvalue weighted by Crippen LogP contribution is 2.40. The van der Waals surface area contributed by atoms with Crippen molar-refractivity contribution in [1.82, 2.24) is 4.90 Å². The number of urea groups is 1. The molecule has 1 aromatic rings. The van der Waals surface area contributed by atoms with Gasteiger partial charge in [-0.25, -0.2) is 9.59 Å². The molecule has 0 radical (unpaired) electrons. The Morgan fingerprint density at radius 1 is 1.46 bits per heavy atom. The Kier molecular flexibility index (Phi) is 5.84. The summed E-state index contributed by atoms with van der Waals surface area (Å²) in [4.78, 5) is 26.9. The summed E-state index contributed by atoms with van der Waals surface area (Å²) in [6, 6.07) is -0.381. The molecule has 0 saturated heterocycles. The summed E-state index contributed by atoms with van der Waals surface area (Å²) >= 11 is 1.33. The zero-order valence-corrected chi connectivity index (χ0v) is 15.3. The summed E-state index contributed by atoms with van der Waals surface area (Å²) in [7, 11) is 1.58.